The molecule has 3 aliphatic rings. The van der Waals surface area contributed by atoms with Crippen molar-refractivity contribution < 1.29 is 94.7 Å². The first-order valence-corrected chi connectivity index (χ1v) is 63.4. The van der Waals surface area contributed by atoms with E-state index in [1.54, 1.807) is 76.4 Å². The van der Waals surface area contributed by atoms with E-state index < -0.39 is 156 Å². The number of anilines is 3. The van der Waals surface area contributed by atoms with Crippen molar-refractivity contribution >= 4 is 158 Å². The van der Waals surface area contributed by atoms with E-state index >= 15 is 0 Å². The highest BCUT2D eigenvalue weighted by Gasteiger charge is 2.48. The summed E-state index contributed by atoms with van der Waals surface area (Å²) in [6.45, 7) is 28.3. The Kier molecular flexibility index (Phi) is 34.3. The number of hydrogen-bond donors (Lipinski definition) is 4. The number of aromatic hydroxyl groups is 1. The zero-order chi connectivity index (χ0) is 99.1. The zero-order valence-corrected chi connectivity index (χ0v) is 87.7. The lowest BCUT2D eigenvalue weighted by Crippen LogP contribution is -2.47. The maximum atomic E-state index is 14.2. The fraction of sp³-hybridized carbons (Fsp3) is 0.460. The van der Waals surface area contributed by atoms with Gasteiger partial charge in [-0.15, -0.1) is 34.0 Å². The van der Waals surface area contributed by atoms with Crippen molar-refractivity contribution in [1.29, 1.82) is 0 Å². The topological polar surface area (TPSA) is 422 Å². The highest BCUT2D eigenvalue weighted by molar-refractivity contribution is 7.95. The number of nitrogens with zero attached hydrogens (tertiary/aromatic N) is 9. The number of thiophene rings is 3. The highest BCUT2D eigenvalue weighted by Crippen LogP contribution is 2.45. The molecule has 6 heterocycles. The molecule has 0 unspecified atom stereocenters. The van der Waals surface area contributed by atoms with Gasteiger partial charge >= 0.3 is 0 Å². The lowest BCUT2D eigenvalue weighted by atomic mass is 10.2. The molecule has 730 valence electrons. The monoisotopic (exact) mass is 2060 g/mol. The van der Waals surface area contributed by atoms with Gasteiger partial charge in [0.05, 0.1) is 30.8 Å². The van der Waals surface area contributed by atoms with Gasteiger partial charge in [0.1, 0.15) is 59.1 Å². The summed E-state index contributed by atoms with van der Waals surface area (Å²) < 4.78 is 198. The van der Waals surface area contributed by atoms with E-state index in [1.807, 2.05) is 67.7 Å². The number of benzene rings is 3. The number of amides is 3. The summed E-state index contributed by atoms with van der Waals surface area (Å²) in [6, 6.07) is 25.5. The minimum atomic E-state index is -4.25. The molecule has 47 heteroatoms. The van der Waals surface area contributed by atoms with Crippen molar-refractivity contribution in [2.75, 3.05) is 85.7 Å². The van der Waals surface area contributed by atoms with Crippen LogP contribution in [0.4, 0.5) is 31.0 Å². The summed E-state index contributed by atoms with van der Waals surface area (Å²) >= 11 is 3.85. The molecule has 6 aromatic heterocycles. The van der Waals surface area contributed by atoms with Crippen LogP contribution in [0.1, 0.15) is 143 Å². The Hall–Kier alpha value is -9.01. The lowest BCUT2D eigenvalue weighted by Gasteiger charge is -2.36. The standard InChI is InChI=1S/C31H44FN4O7PS2Si.C31H42FN4O7PS2Si.C25H30FN4O7PS2/c2*1-31(2,3)47(7,8)43-27-26(28(37)33-19-21-9-11-22(32)12-10-21)34-30(35(20-42-4)29(27)38)36(23-13-14-23)46(40,41)18-17-24-15-16-25(45-24)44(5,6)39;1-37-15-29-24(33)22(31)21(23(32)27-14-16-4-6-17(26)7-5-16)28-25(29)30(18-8-9-18)40(35,36)13-12-19-10-11-20(39-19)38(2,3)34/h9-12,15-16,23H,13-14,17-20H2,1-8H3,(H,33,37);9-12,15-18,23H,13-14,19-20H2,1-8H3,(H,33,37);4-7,10-11,18,31H,8-9,12-15H2,1-3H3,(H,27,32)/b;18-17+;. The Morgan fingerprint density at radius 2 is 0.769 bits per heavy atom. The number of aromatic nitrogens is 6. The molecule has 3 fully saturated rings. The number of carbonyl (C=O) groups is 3. The molecular formula is C87H116F3N12O21P3S6Si2. The molecule has 3 amide bonds. The predicted octanol–water partition coefficient (Wildman–Crippen LogP) is 13.2. The van der Waals surface area contributed by atoms with Crippen LogP contribution in [-0.2, 0) is 111 Å². The fourth-order valence-electron chi connectivity index (χ4n) is 12.5. The van der Waals surface area contributed by atoms with Gasteiger partial charge in [0.2, 0.25) is 55.1 Å². The zero-order valence-electron chi connectivity index (χ0n) is 78.2. The third kappa shape index (κ3) is 27.3. The van der Waals surface area contributed by atoms with Crippen molar-refractivity contribution in [1.82, 2.24) is 44.6 Å². The molecule has 0 radical (unpaired) electrons. The summed E-state index contributed by atoms with van der Waals surface area (Å²) in [5, 5.41) is 18.8. The molecule has 33 nitrogen and oxygen atoms in total. The summed E-state index contributed by atoms with van der Waals surface area (Å²) in [6.07, 6.45) is 4.90. The number of ether oxygens (including phenoxy) is 3. The van der Waals surface area contributed by atoms with E-state index in [0.717, 1.165) is 41.8 Å². The first-order valence-electron chi connectivity index (χ1n) is 42.6. The first-order chi connectivity index (χ1) is 62.3. The van der Waals surface area contributed by atoms with Crippen LogP contribution >= 0.6 is 55.4 Å². The van der Waals surface area contributed by atoms with Crippen LogP contribution in [0.2, 0.25) is 36.3 Å². The van der Waals surface area contributed by atoms with Gasteiger partial charge in [-0.3, -0.25) is 42.5 Å². The highest BCUT2D eigenvalue weighted by atomic mass is 32.2. The number of nitrogens with one attached hydrogen (secondary N) is 3. The van der Waals surface area contributed by atoms with Gasteiger partial charge in [0.25, 0.3) is 61.1 Å². The van der Waals surface area contributed by atoms with Crippen LogP contribution < -0.4 is 68.3 Å². The molecule has 0 spiro atoms. The van der Waals surface area contributed by atoms with Gasteiger partial charge < -0.3 is 57.8 Å². The molecule has 3 aromatic carbocycles. The minimum absolute atomic E-state index is 0.00452. The van der Waals surface area contributed by atoms with Crippen LogP contribution in [-0.4, -0.2) is 184 Å². The van der Waals surface area contributed by atoms with Gasteiger partial charge in [-0.25, -0.2) is 66.3 Å². The van der Waals surface area contributed by atoms with E-state index in [0.29, 0.717) is 73.9 Å². The first kappa shape index (κ1) is 107. The second-order valence-electron chi connectivity index (χ2n) is 36.7. The minimum Gasteiger partial charge on any atom is -0.538 e. The van der Waals surface area contributed by atoms with Crippen LogP contribution in [0.5, 0.6) is 17.2 Å². The third-order valence-corrected chi connectivity index (χ3v) is 47.3. The average Bonchev–Trinajstić information content (AvgIpc) is 1.41. The predicted molar refractivity (Wildman–Crippen MR) is 526 cm³/mol. The maximum Gasteiger partial charge on any atom is 0.299 e. The average molecular weight is 2060 g/mol. The molecule has 0 saturated heterocycles. The Bertz CT molecular complexity index is 6560. The quantitative estimate of drug-likeness (QED) is 0.0205. The van der Waals surface area contributed by atoms with Gasteiger partial charge in [-0.2, -0.15) is 0 Å². The third-order valence-electron chi connectivity index (χ3n) is 22.4. The molecule has 3 saturated carbocycles. The summed E-state index contributed by atoms with van der Waals surface area (Å²) in [4.78, 5) is 97.5. The van der Waals surface area contributed by atoms with Gasteiger partial charge in [-0.1, -0.05) is 77.9 Å². The summed E-state index contributed by atoms with van der Waals surface area (Å²) in [5.41, 5.74) is -2.10. The van der Waals surface area contributed by atoms with E-state index in [2.05, 4.69) is 30.9 Å². The maximum absolute atomic E-state index is 14.2. The van der Waals surface area contributed by atoms with Gasteiger partial charge in [0, 0.05) is 73.7 Å². The number of methoxy groups -OCH3 is 3. The van der Waals surface area contributed by atoms with Crippen LogP contribution in [0.3, 0.4) is 0 Å². The molecule has 4 N–H and O–H groups in total. The number of sulfonamides is 3. The molecule has 0 bridgehead atoms. The van der Waals surface area contributed by atoms with Gasteiger partial charge in [-0.05, 0) is 223 Å². The largest absolute Gasteiger partial charge is 0.538 e. The normalized spacial score (nSPS) is 14.2. The van der Waals surface area contributed by atoms with Crippen molar-refractivity contribution in [2.24, 2.45) is 0 Å². The van der Waals surface area contributed by atoms with E-state index in [1.165, 1.54) is 134 Å². The summed E-state index contributed by atoms with van der Waals surface area (Å²) in [7, 11) is -21.3. The Morgan fingerprint density at radius 3 is 1.07 bits per heavy atom. The fourth-order valence-corrected chi connectivity index (χ4v) is 26.9. The second kappa shape index (κ2) is 42.9. The number of rotatable bonds is 39. The molecular weight excluding hydrogens is 1950 g/mol. The number of aryl methyl sites for hydroxylation is 2. The summed E-state index contributed by atoms with van der Waals surface area (Å²) in [5.74, 6) is -6.71. The Morgan fingerprint density at radius 1 is 0.470 bits per heavy atom. The smallest absolute Gasteiger partial charge is 0.299 e. The second-order valence-corrected chi connectivity index (χ2v) is 65.6. The van der Waals surface area contributed by atoms with E-state index in [-0.39, 0.29) is 108 Å². The molecule has 134 heavy (non-hydrogen) atoms. The molecule has 12 rings (SSSR count). The number of hydrogen-bond acceptors (Lipinski definition) is 27. The van der Waals surface area contributed by atoms with Crippen molar-refractivity contribution in [3.8, 4) is 17.2 Å². The SMILES string of the molecule is COCn1c(N(C2CC2)S(=O)(=O)/C=C/c2ccc(P(C)(C)=O)s2)nc(C(=O)NCc2ccc(F)cc2)c(O[Si](C)(C)C(C)(C)C)c1=O.COCn1c(N(C2CC2)S(=O)(=O)CCc2ccc(P(C)(C)=O)s2)nc(C(=O)NCc2ccc(F)cc2)c(O)c1=O.COCn1c(N(C2CC2)S(=O)(=O)CCc2ccc(P(C)(C)=O)s2)nc(C(=O)NCc2ccc(F)cc2)c(O[Si](C)(C)C(C)(C)C)c1=O. The molecule has 9 aromatic rings. The molecule has 0 atom stereocenters. The Balaban J connectivity index is 0.000000209. The lowest BCUT2D eigenvalue weighted by molar-refractivity contribution is 0.0932. The van der Waals surface area contributed by atoms with Crippen molar-refractivity contribution in [2.45, 2.75) is 187 Å². The van der Waals surface area contributed by atoms with Crippen LogP contribution in [0.15, 0.2) is 129 Å². The van der Waals surface area contributed by atoms with Gasteiger partial charge in [0.15, 0.2) is 17.1 Å². The van der Waals surface area contributed by atoms with E-state index in [4.69, 9.17) is 23.1 Å². The van der Waals surface area contributed by atoms with Crippen LogP contribution in [0.25, 0.3) is 6.08 Å². The number of halogens is 3. The van der Waals surface area contributed by atoms with Crippen LogP contribution in [0, 0.1) is 17.5 Å². The number of carbonyl (C=O) groups excluding carboxylic acids is 3. The van der Waals surface area contributed by atoms with Crippen molar-refractivity contribution in [3.63, 3.8) is 0 Å². The Labute approximate surface area is 792 Å². The molecule has 0 aliphatic heterocycles. The molecule has 3 aliphatic carbocycles. The van der Waals surface area contributed by atoms with E-state index in [9.17, 15) is 86.0 Å². The van der Waals surface area contributed by atoms with Crippen molar-refractivity contribution in [3.05, 3.63) is 212 Å².